The van der Waals surface area contributed by atoms with Crippen LogP contribution in [0.5, 0.6) is 11.5 Å². The second kappa shape index (κ2) is 7.36. The van der Waals surface area contributed by atoms with Crippen molar-refractivity contribution in [2.24, 2.45) is 0 Å². The summed E-state index contributed by atoms with van der Waals surface area (Å²) in [6.45, 7) is 1.57. The Morgan fingerprint density at radius 3 is 2.50 bits per heavy atom. The Morgan fingerprint density at radius 1 is 1.07 bits per heavy atom. The molecule has 0 radical (unpaired) electrons. The van der Waals surface area contributed by atoms with E-state index in [1.54, 1.807) is 14.2 Å². The van der Waals surface area contributed by atoms with Crippen molar-refractivity contribution in [3.63, 3.8) is 0 Å². The van der Waals surface area contributed by atoms with Gasteiger partial charge in [0.25, 0.3) is 5.91 Å². The molecular formula is C23H22ClN3O3. The highest BCUT2D eigenvalue weighted by molar-refractivity contribution is 6.30. The number of benzene rings is 2. The van der Waals surface area contributed by atoms with Crippen molar-refractivity contribution >= 4 is 17.5 Å². The third-order valence-electron chi connectivity index (χ3n) is 5.86. The minimum absolute atomic E-state index is 0.00346. The van der Waals surface area contributed by atoms with E-state index in [0.29, 0.717) is 28.6 Å². The molecule has 7 heteroatoms. The summed E-state index contributed by atoms with van der Waals surface area (Å²) in [7, 11) is 3.25. The summed E-state index contributed by atoms with van der Waals surface area (Å²) in [6, 6.07) is 11.5. The summed E-state index contributed by atoms with van der Waals surface area (Å²) in [6.07, 6.45) is 2.70. The number of amides is 1. The average molecular weight is 424 g/mol. The van der Waals surface area contributed by atoms with Gasteiger partial charge in [0.05, 0.1) is 25.6 Å². The highest BCUT2D eigenvalue weighted by Gasteiger charge is 2.34. The van der Waals surface area contributed by atoms with E-state index < -0.39 is 0 Å². The van der Waals surface area contributed by atoms with Crippen LogP contribution < -0.4 is 9.47 Å². The van der Waals surface area contributed by atoms with E-state index in [2.05, 4.69) is 0 Å². The zero-order valence-corrected chi connectivity index (χ0v) is 17.7. The van der Waals surface area contributed by atoms with E-state index in [0.717, 1.165) is 54.0 Å². The van der Waals surface area contributed by atoms with Crippen LogP contribution >= 0.6 is 11.6 Å². The van der Waals surface area contributed by atoms with Crippen molar-refractivity contribution in [3.8, 4) is 28.4 Å². The number of fused-ring (bicyclic) bond motifs is 3. The number of ether oxygens (including phenoxy) is 2. The van der Waals surface area contributed by atoms with Crippen molar-refractivity contribution in [3.05, 3.63) is 58.2 Å². The maximum atomic E-state index is 13.3. The number of carbonyl (C=O) groups is 1. The third kappa shape index (κ3) is 2.94. The van der Waals surface area contributed by atoms with Crippen molar-refractivity contribution in [1.82, 2.24) is 14.7 Å². The minimum Gasteiger partial charge on any atom is -0.493 e. The van der Waals surface area contributed by atoms with Crippen LogP contribution in [0.2, 0.25) is 5.02 Å². The fourth-order valence-electron chi connectivity index (χ4n) is 4.41. The number of hydrogen-bond donors (Lipinski definition) is 0. The van der Waals surface area contributed by atoms with Crippen LogP contribution in [0, 0.1) is 0 Å². The summed E-state index contributed by atoms with van der Waals surface area (Å²) in [5.74, 6) is 1.32. The standard InChI is InChI=1S/C23H22ClN3O3/c1-29-19-11-14-10-18-21(23(28)26-8-3-4-9-26)25-27(16-7-5-6-15(24)12-16)22(18)17(14)13-20(19)30-2/h5-7,11-13H,3-4,8-10H2,1-2H3. The van der Waals surface area contributed by atoms with Crippen LogP contribution in [0.15, 0.2) is 36.4 Å². The lowest BCUT2D eigenvalue weighted by Gasteiger charge is -2.14. The largest absolute Gasteiger partial charge is 0.493 e. The Labute approximate surface area is 180 Å². The van der Waals surface area contributed by atoms with Crippen molar-refractivity contribution in [1.29, 1.82) is 0 Å². The number of nitrogens with zero attached hydrogens (tertiary/aromatic N) is 3. The Balaban J connectivity index is 1.72. The van der Waals surface area contributed by atoms with Gasteiger partial charge in [-0.2, -0.15) is 5.10 Å². The topological polar surface area (TPSA) is 56.6 Å². The van der Waals surface area contributed by atoms with Crippen LogP contribution in [0.4, 0.5) is 0 Å². The van der Waals surface area contributed by atoms with E-state index in [1.807, 2.05) is 46.0 Å². The quantitative estimate of drug-likeness (QED) is 0.489. The molecule has 3 aromatic rings. The summed E-state index contributed by atoms with van der Waals surface area (Å²) in [4.78, 5) is 15.2. The normalized spacial score (nSPS) is 14.6. The molecule has 0 N–H and O–H groups in total. The fourth-order valence-corrected chi connectivity index (χ4v) is 4.59. The first-order valence-corrected chi connectivity index (χ1v) is 10.4. The maximum Gasteiger partial charge on any atom is 0.274 e. The summed E-state index contributed by atoms with van der Waals surface area (Å²) < 4.78 is 12.8. The number of rotatable bonds is 4. The number of methoxy groups -OCH3 is 2. The van der Waals surface area contributed by atoms with Gasteiger partial charge in [0.1, 0.15) is 0 Å². The second-order valence-electron chi connectivity index (χ2n) is 7.61. The number of aromatic nitrogens is 2. The van der Waals surface area contributed by atoms with Gasteiger partial charge in [-0.15, -0.1) is 0 Å². The van der Waals surface area contributed by atoms with E-state index in [9.17, 15) is 4.79 Å². The molecule has 30 heavy (non-hydrogen) atoms. The molecule has 2 heterocycles. The van der Waals surface area contributed by atoms with Gasteiger partial charge < -0.3 is 14.4 Å². The maximum absolute atomic E-state index is 13.3. The van der Waals surface area contributed by atoms with Gasteiger partial charge in [-0.05, 0) is 48.7 Å². The van der Waals surface area contributed by atoms with Crippen LogP contribution in [0.3, 0.4) is 0 Å². The van der Waals surface area contributed by atoms with E-state index in [4.69, 9.17) is 26.2 Å². The molecule has 0 unspecified atom stereocenters. The molecule has 1 amide bonds. The minimum atomic E-state index is -0.00346. The first-order valence-electron chi connectivity index (χ1n) is 10.0. The fraction of sp³-hybridized carbons (Fsp3) is 0.304. The van der Waals surface area contributed by atoms with Gasteiger partial charge in [-0.25, -0.2) is 4.68 Å². The molecule has 1 aromatic heterocycles. The molecule has 0 spiro atoms. The highest BCUT2D eigenvalue weighted by atomic mass is 35.5. The average Bonchev–Trinajstić information content (AvgIpc) is 3.48. The van der Waals surface area contributed by atoms with E-state index in [1.165, 1.54) is 0 Å². The van der Waals surface area contributed by atoms with Crippen molar-refractivity contribution in [2.75, 3.05) is 27.3 Å². The van der Waals surface area contributed by atoms with Gasteiger partial charge >= 0.3 is 0 Å². The number of hydrogen-bond acceptors (Lipinski definition) is 4. The number of carbonyl (C=O) groups excluding carboxylic acids is 1. The van der Waals surface area contributed by atoms with Crippen LogP contribution in [0.25, 0.3) is 16.9 Å². The molecule has 1 fully saturated rings. The zero-order valence-electron chi connectivity index (χ0n) is 16.9. The molecule has 6 nitrogen and oxygen atoms in total. The summed E-state index contributed by atoms with van der Waals surface area (Å²) in [5.41, 5.74) is 5.28. The van der Waals surface area contributed by atoms with Crippen LogP contribution in [0.1, 0.15) is 34.5 Å². The predicted molar refractivity (Wildman–Crippen MR) is 115 cm³/mol. The molecule has 0 atom stereocenters. The Hall–Kier alpha value is -2.99. The molecule has 0 bridgehead atoms. The van der Waals surface area contributed by atoms with Gasteiger partial charge in [0.2, 0.25) is 0 Å². The third-order valence-corrected chi connectivity index (χ3v) is 6.10. The van der Waals surface area contributed by atoms with Crippen molar-refractivity contribution < 1.29 is 14.3 Å². The lowest BCUT2D eigenvalue weighted by molar-refractivity contribution is 0.0785. The Morgan fingerprint density at radius 2 is 1.80 bits per heavy atom. The summed E-state index contributed by atoms with van der Waals surface area (Å²) >= 11 is 6.25. The van der Waals surface area contributed by atoms with Gasteiger partial charge in [0, 0.05) is 35.7 Å². The second-order valence-corrected chi connectivity index (χ2v) is 8.04. The van der Waals surface area contributed by atoms with Crippen LogP contribution in [-0.4, -0.2) is 47.9 Å². The molecule has 1 aliphatic carbocycles. The molecule has 5 rings (SSSR count). The monoisotopic (exact) mass is 423 g/mol. The van der Waals surface area contributed by atoms with Gasteiger partial charge in [0.15, 0.2) is 17.2 Å². The molecule has 2 aliphatic rings. The lowest BCUT2D eigenvalue weighted by Crippen LogP contribution is -2.28. The first-order chi connectivity index (χ1) is 14.6. The zero-order chi connectivity index (χ0) is 20.8. The SMILES string of the molecule is COc1cc2c(cc1OC)-c1c(c(C(=O)N3CCCC3)nn1-c1cccc(Cl)c1)C2. The lowest BCUT2D eigenvalue weighted by atomic mass is 10.1. The smallest absolute Gasteiger partial charge is 0.274 e. The molecule has 2 aromatic carbocycles. The molecule has 1 aliphatic heterocycles. The number of halogens is 1. The molecule has 1 saturated heterocycles. The highest BCUT2D eigenvalue weighted by Crippen LogP contribution is 2.45. The number of likely N-dealkylation sites (tertiary alicyclic amines) is 1. The van der Waals surface area contributed by atoms with E-state index in [-0.39, 0.29) is 5.91 Å². The first kappa shape index (κ1) is 19.0. The molecular weight excluding hydrogens is 402 g/mol. The van der Waals surface area contributed by atoms with Crippen LogP contribution in [-0.2, 0) is 6.42 Å². The predicted octanol–water partition coefficient (Wildman–Crippen LogP) is 4.35. The van der Waals surface area contributed by atoms with E-state index >= 15 is 0 Å². The van der Waals surface area contributed by atoms with Gasteiger partial charge in [-0.3, -0.25) is 4.79 Å². The van der Waals surface area contributed by atoms with Gasteiger partial charge in [-0.1, -0.05) is 17.7 Å². The van der Waals surface area contributed by atoms with Crippen molar-refractivity contribution in [2.45, 2.75) is 19.3 Å². The molecule has 0 saturated carbocycles. The molecule has 154 valence electrons. The Bertz CT molecular complexity index is 1150. The summed E-state index contributed by atoms with van der Waals surface area (Å²) in [5, 5.41) is 5.40. The Kier molecular flexibility index (Phi) is 4.66.